The van der Waals surface area contributed by atoms with E-state index in [4.69, 9.17) is 11.6 Å². The Morgan fingerprint density at radius 2 is 1.81 bits per heavy atom. The van der Waals surface area contributed by atoms with Gasteiger partial charge in [0.2, 0.25) is 0 Å². The topological polar surface area (TPSA) is 34.0 Å². The third-order valence-corrected chi connectivity index (χ3v) is 5.57. The second kappa shape index (κ2) is 6.59. The summed E-state index contributed by atoms with van der Waals surface area (Å²) >= 11 is 8.42. The molecule has 130 valence electrons. The van der Waals surface area contributed by atoms with E-state index in [0.717, 1.165) is 33.9 Å². The lowest BCUT2D eigenvalue weighted by Crippen LogP contribution is -2.03. The molecule has 0 spiro atoms. The Bertz CT molecular complexity index is 1060. The number of hydrogen-bond donors (Lipinski definition) is 1. The molecule has 1 aliphatic heterocycles. The van der Waals surface area contributed by atoms with Gasteiger partial charge in [-0.15, -0.1) is 0 Å². The fourth-order valence-electron chi connectivity index (χ4n) is 3.38. The van der Waals surface area contributed by atoms with Crippen LogP contribution in [0.15, 0.2) is 48.5 Å². The predicted octanol–water partition coefficient (Wildman–Crippen LogP) is 5.84. The summed E-state index contributed by atoms with van der Waals surface area (Å²) in [5.74, 6) is -0.0960. The van der Waals surface area contributed by atoms with Gasteiger partial charge in [-0.1, -0.05) is 11.6 Å². The van der Waals surface area contributed by atoms with Crippen LogP contribution < -0.4 is 5.32 Å². The van der Waals surface area contributed by atoms with Gasteiger partial charge in [0, 0.05) is 42.5 Å². The summed E-state index contributed by atoms with van der Waals surface area (Å²) < 4.78 is 3.40. The molecule has 1 aromatic heterocycles. The van der Waals surface area contributed by atoms with Gasteiger partial charge in [0.25, 0.3) is 5.91 Å². The Kier molecular flexibility index (Phi) is 4.40. The molecule has 5 heteroatoms. The van der Waals surface area contributed by atoms with Crippen LogP contribution in [0.25, 0.3) is 17.3 Å². The number of aryl methyl sites for hydroxylation is 1. The van der Waals surface area contributed by atoms with Crippen molar-refractivity contribution >= 4 is 57.4 Å². The normalized spacial score (nSPS) is 14.6. The van der Waals surface area contributed by atoms with Gasteiger partial charge in [-0.25, -0.2) is 0 Å². The van der Waals surface area contributed by atoms with E-state index < -0.39 is 0 Å². The van der Waals surface area contributed by atoms with E-state index in [1.165, 1.54) is 3.57 Å². The van der Waals surface area contributed by atoms with E-state index in [1.54, 1.807) is 6.07 Å². The summed E-state index contributed by atoms with van der Waals surface area (Å²) in [5.41, 5.74) is 6.66. The van der Waals surface area contributed by atoms with Crippen molar-refractivity contribution in [2.24, 2.45) is 0 Å². The minimum Gasteiger partial charge on any atom is -0.321 e. The molecule has 26 heavy (non-hydrogen) atoms. The second-order valence-electron chi connectivity index (χ2n) is 6.34. The molecular formula is C21H16ClIN2O. The first kappa shape index (κ1) is 17.4. The second-order valence-corrected chi connectivity index (χ2v) is 8.02. The molecule has 0 atom stereocenters. The minimum absolute atomic E-state index is 0.0960. The SMILES string of the molecule is Cc1cc(/C=C2/C(=O)Nc3ccc(Cl)cc32)c(C)n1-c1ccc(I)cc1. The molecule has 0 saturated heterocycles. The lowest BCUT2D eigenvalue weighted by Gasteiger charge is -2.09. The van der Waals surface area contributed by atoms with E-state index in [1.807, 2.05) is 18.2 Å². The molecule has 1 aliphatic rings. The van der Waals surface area contributed by atoms with Crippen LogP contribution in [0.3, 0.4) is 0 Å². The van der Waals surface area contributed by atoms with Gasteiger partial charge in [-0.05, 0) is 96.6 Å². The molecule has 3 nitrogen and oxygen atoms in total. The molecule has 2 aromatic carbocycles. The Labute approximate surface area is 170 Å². The van der Waals surface area contributed by atoms with Crippen LogP contribution in [0.5, 0.6) is 0 Å². The fraction of sp³-hybridized carbons (Fsp3) is 0.0952. The number of nitrogens with one attached hydrogen (secondary N) is 1. The molecule has 0 fully saturated rings. The van der Waals surface area contributed by atoms with E-state index in [0.29, 0.717) is 10.6 Å². The zero-order valence-corrected chi connectivity index (χ0v) is 17.2. The quantitative estimate of drug-likeness (QED) is 0.367. The number of rotatable bonds is 2. The van der Waals surface area contributed by atoms with Gasteiger partial charge in [0.1, 0.15) is 0 Å². The molecule has 0 unspecified atom stereocenters. The van der Waals surface area contributed by atoms with Crippen molar-refractivity contribution in [3.63, 3.8) is 0 Å². The molecule has 0 saturated carbocycles. The Morgan fingerprint density at radius 3 is 2.54 bits per heavy atom. The van der Waals surface area contributed by atoms with E-state index in [2.05, 4.69) is 76.7 Å². The average molecular weight is 475 g/mol. The number of nitrogens with zero attached hydrogens (tertiary/aromatic N) is 1. The maximum absolute atomic E-state index is 12.4. The highest BCUT2D eigenvalue weighted by Gasteiger charge is 2.25. The average Bonchev–Trinajstić information content (AvgIpc) is 3.06. The number of amides is 1. The molecule has 1 amide bonds. The van der Waals surface area contributed by atoms with Gasteiger partial charge in [-0.2, -0.15) is 0 Å². The summed E-state index contributed by atoms with van der Waals surface area (Å²) in [6.07, 6.45) is 1.95. The maximum Gasteiger partial charge on any atom is 0.256 e. The van der Waals surface area contributed by atoms with Crippen molar-refractivity contribution in [3.8, 4) is 5.69 Å². The Hall–Kier alpha value is -2.05. The number of fused-ring (bicyclic) bond motifs is 1. The summed E-state index contributed by atoms with van der Waals surface area (Å²) in [7, 11) is 0. The van der Waals surface area contributed by atoms with Crippen LogP contribution >= 0.6 is 34.2 Å². The van der Waals surface area contributed by atoms with Crippen LogP contribution in [0, 0.1) is 17.4 Å². The predicted molar refractivity (Wildman–Crippen MR) is 116 cm³/mol. The van der Waals surface area contributed by atoms with Gasteiger partial charge in [0.15, 0.2) is 0 Å². The summed E-state index contributed by atoms with van der Waals surface area (Å²) in [6, 6.07) is 16.0. The van der Waals surface area contributed by atoms with E-state index in [9.17, 15) is 4.79 Å². The number of carbonyl (C=O) groups is 1. The highest BCUT2D eigenvalue weighted by Crippen LogP contribution is 2.36. The minimum atomic E-state index is -0.0960. The third-order valence-electron chi connectivity index (χ3n) is 4.62. The molecule has 0 aliphatic carbocycles. The molecule has 0 bridgehead atoms. The molecule has 2 heterocycles. The van der Waals surface area contributed by atoms with Gasteiger partial charge < -0.3 is 9.88 Å². The van der Waals surface area contributed by atoms with Crippen LogP contribution in [0.2, 0.25) is 5.02 Å². The molecular weight excluding hydrogens is 459 g/mol. The first-order valence-electron chi connectivity index (χ1n) is 8.22. The number of carbonyl (C=O) groups excluding carboxylic acids is 1. The van der Waals surface area contributed by atoms with Crippen LogP contribution in [-0.4, -0.2) is 10.5 Å². The number of halogens is 2. The largest absolute Gasteiger partial charge is 0.321 e. The van der Waals surface area contributed by atoms with E-state index >= 15 is 0 Å². The molecule has 3 aromatic rings. The molecule has 0 radical (unpaired) electrons. The number of aromatic nitrogens is 1. The highest BCUT2D eigenvalue weighted by atomic mass is 127. The molecule has 4 rings (SSSR count). The first-order chi connectivity index (χ1) is 12.4. The third kappa shape index (κ3) is 2.97. The number of benzene rings is 2. The standard InChI is InChI=1S/C21H16ClIN2O/c1-12-9-14(13(2)25(12)17-6-4-16(23)5-7-17)10-19-18-11-15(22)3-8-20(18)24-21(19)26/h3-11H,1-2H3,(H,24,26)/b19-10+. The van der Waals surface area contributed by atoms with Crippen molar-refractivity contribution in [2.45, 2.75) is 13.8 Å². The van der Waals surface area contributed by atoms with Crippen LogP contribution in [0.4, 0.5) is 5.69 Å². The van der Waals surface area contributed by atoms with Crippen molar-refractivity contribution in [1.82, 2.24) is 4.57 Å². The van der Waals surface area contributed by atoms with Gasteiger partial charge >= 0.3 is 0 Å². The Morgan fingerprint density at radius 1 is 1.08 bits per heavy atom. The summed E-state index contributed by atoms with van der Waals surface area (Å²) in [6.45, 7) is 4.15. The van der Waals surface area contributed by atoms with Crippen LogP contribution in [-0.2, 0) is 4.79 Å². The zero-order valence-electron chi connectivity index (χ0n) is 14.3. The van der Waals surface area contributed by atoms with Crippen molar-refractivity contribution < 1.29 is 4.79 Å². The fourth-order valence-corrected chi connectivity index (χ4v) is 3.91. The monoisotopic (exact) mass is 474 g/mol. The maximum atomic E-state index is 12.4. The summed E-state index contributed by atoms with van der Waals surface area (Å²) in [5, 5.41) is 3.52. The smallest absolute Gasteiger partial charge is 0.256 e. The summed E-state index contributed by atoms with van der Waals surface area (Å²) in [4.78, 5) is 12.4. The van der Waals surface area contributed by atoms with Gasteiger partial charge in [-0.3, -0.25) is 4.79 Å². The highest BCUT2D eigenvalue weighted by molar-refractivity contribution is 14.1. The number of hydrogen-bond acceptors (Lipinski definition) is 1. The van der Waals surface area contributed by atoms with Crippen LogP contribution in [0.1, 0.15) is 22.5 Å². The Balaban J connectivity index is 1.82. The molecule has 1 N–H and O–H groups in total. The zero-order chi connectivity index (χ0) is 18.4. The van der Waals surface area contributed by atoms with E-state index in [-0.39, 0.29) is 5.91 Å². The number of anilines is 1. The lowest BCUT2D eigenvalue weighted by molar-refractivity contribution is -0.110. The van der Waals surface area contributed by atoms with Gasteiger partial charge in [0.05, 0.1) is 0 Å². The van der Waals surface area contributed by atoms with Crippen molar-refractivity contribution in [3.05, 3.63) is 79.6 Å². The first-order valence-corrected chi connectivity index (χ1v) is 9.67. The van der Waals surface area contributed by atoms with Crippen molar-refractivity contribution in [2.75, 3.05) is 5.32 Å². The lowest BCUT2D eigenvalue weighted by atomic mass is 10.0. The van der Waals surface area contributed by atoms with Crippen molar-refractivity contribution in [1.29, 1.82) is 0 Å².